The fraction of sp³-hybridized carbons (Fsp3) is 0.833. The van der Waals surface area contributed by atoms with E-state index in [1.165, 1.54) is 4.90 Å². The number of carbonyl (C=O) groups excluding carboxylic acids is 2. The molecule has 1 fully saturated rings. The largest absolute Gasteiger partial charge is 0.444 e. The molecule has 1 rings (SSSR count). The quantitative estimate of drug-likeness (QED) is 0.794. The maximum atomic E-state index is 12.1. The first kappa shape index (κ1) is 17.5. The number of ether oxygens (including phenoxy) is 1. The highest BCUT2D eigenvalue weighted by Crippen LogP contribution is 2.13. The van der Waals surface area contributed by atoms with Crippen LogP contribution in [0.25, 0.3) is 0 Å². The zero-order chi connectivity index (χ0) is 16.3. The highest BCUT2D eigenvalue weighted by Gasteiger charge is 2.33. The van der Waals surface area contributed by atoms with E-state index in [0.717, 1.165) is 0 Å². The molecule has 1 aliphatic heterocycles. The van der Waals surface area contributed by atoms with Crippen LogP contribution in [0.4, 0.5) is 18.0 Å². The molecular weight excluding hydrogens is 291 g/mol. The summed E-state index contributed by atoms with van der Waals surface area (Å²) in [5.41, 5.74) is -0.671. The fourth-order valence-electron chi connectivity index (χ4n) is 1.73. The minimum atomic E-state index is -4.46. The maximum absolute atomic E-state index is 12.1. The molecule has 0 radical (unpaired) electrons. The van der Waals surface area contributed by atoms with Gasteiger partial charge in [0.1, 0.15) is 18.2 Å². The van der Waals surface area contributed by atoms with E-state index in [4.69, 9.17) is 4.74 Å². The molecule has 0 aromatic rings. The van der Waals surface area contributed by atoms with Crippen LogP contribution in [0.1, 0.15) is 20.8 Å². The second-order valence-electron chi connectivity index (χ2n) is 5.77. The van der Waals surface area contributed by atoms with Crippen molar-refractivity contribution in [1.82, 2.24) is 15.5 Å². The van der Waals surface area contributed by atoms with E-state index in [0.29, 0.717) is 13.1 Å². The molecule has 0 aromatic heterocycles. The molecule has 0 saturated carbocycles. The highest BCUT2D eigenvalue weighted by atomic mass is 19.4. The Morgan fingerprint density at radius 2 is 1.95 bits per heavy atom. The van der Waals surface area contributed by atoms with Crippen LogP contribution in [-0.2, 0) is 9.53 Å². The van der Waals surface area contributed by atoms with Gasteiger partial charge in [-0.1, -0.05) is 0 Å². The van der Waals surface area contributed by atoms with E-state index < -0.39 is 36.4 Å². The van der Waals surface area contributed by atoms with Crippen LogP contribution in [-0.4, -0.2) is 60.9 Å². The molecule has 1 atom stereocenters. The van der Waals surface area contributed by atoms with E-state index in [1.54, 1.807) is 26.1 Å². The molecule has 9 heteroatoms. The number of nitrogens with one attached hydrogen (secondary N) is 2. The maximum Gasteiger partial charge on any atom is 0.410 e. The summed E-state index contributed by atoms with van der Waals surface area (Å²) in [6.45, 7) is 4.35. The third-order valence-electron chi connectivity index (χ3n) is 2.61. The van der Waals surface area contributed by atoms with Crippen molar-refractivity contribution >= 4 is 12.0 Å². The molecule has 0 aliphatic carbocycles. The smallest absolute Gasteiger partial charge is 0.410 e. The number of halogens is 3. The number of alkyl halides is 3. The van der Waals surface area contributed by atoms with Gasteiger partial charge in [-0.05, 0) is 20.8 Å². The standard InChI is InChI=1S/C12H20F3N3O3/c1-11(2,3)21-10(20)18-5-4-16-8(6-18)9(19)17-7-12(13,14)15/h8,16H,4-7H2,1-3H3,(H,17,19)/t8-/m0/s1. The lowest BCUT2D eigenvalue weighted by Gasteiger charge is -2.34. The summed E-state index contributed by atoms with van der Waals surface area (Å²) >= 11 is 0. The number of hydrogen-bond acceptors (Lipinski definition) is 4. The molecular formula is C12H20F3N3O3. The lowest BCUT2D eigenvalue weighted by molar-refractivity contribution is -0.140. The number of piperazine rings is 1. The Morgan fingerprint density at radius 1 is 1.33 bits per heavy atom. The number of rotatable bonds is 2. The van der Waals surface area contributed by atoms with Gasteiger partial charge in [-0.15, -0.1) is 0 Å². The van der Waals surface area contributed by atoms with Crippen molar-refractivity contribution in [3.05, 3.63) is 0 Å². The van der Waals surface area contributed by atoms with Crippen molar-refractivity contribution in [2.75, 3.05) is 26.2 Å². The van der Waals surface area contributed by atoms with Crippen LogP contribution in [0.2, 0.25) is 0 Å². The summed E-state index contributed by atoms with van der Waals surface area (Å²) < 4.78 is 41.3. The zero-order valence-electron chi connectivity index (χ0n) is 12.2. The molecule has 0 bridgehead atoms. The lowest BCUT2D eigenvalue weighted by atomic mass is 10.2. The third kappa shape index (κ3) is 6.65. The Labute approximate surface area is 121 Å². The minimum absolute atomic E-state index is 0.0292. The Balaban J connectivity index is 2.52. The summed E-state index contributed by atoms with van der Waals surface area (Å²) in [6.07, 6.45) is -5.05. The second kappa shape index (κ2) is 6.50. The van der Waals surface area contributed by atoms with Crippen LogP contribution in [0, 0.1) is 0 Å². The molecule has 2 amide bonds. The molecule has 1 saturated heterocycles. The van der Waals surface area contributed by atoms with Gasteiger partial charge in [0.05, 0.1) is 0 Å². The van der Waals surface area contributed by atoms with E-state index in [-0.39, 0.29) is 6.54 Å². The number of carbonyl (C=O) groups is 2. The monoisotopic (exact) mass is 311 g/mol. The molecule has 21 heavy (non-hydrogen) atoms. The van der Waals surface area contributed by atoms with Gasteiger partial charge >= 0.3 is 12.3 Å². The molecule has 0 aromatic carbocycles. The second-order valence-corrected chi connectivity index (χ2v) is 5.77. The van der Waals surface area contributed by atoms with Crippen LogP contribution >= 0.6 is 0 Å². The zero-order valence-corrected chi connectivity index (χ0v) is 12.2. The van der Waals surface area contributed by atoms with Crippen molar-refractivity contribution in [1.29, 1.82) is 0 Å². The fourth-order valence-corrected chi connectivity index (χ4v) is 1.73. The highest BCUT2D eigenvalue weighted by molar-refractivity contribution is 5.83. The van der Waals surface area contributed by atoms with Gasteiger partial charge in [-0.3, -0.25) is 4.79 Å². The van der Waals surface area contributed by atoms with E-state index in [1.807, 2.05) is 0 Å². The van der Waals surface area contributed by atoms with Crippen LogP contribution in [0.15, 0.2) is 0 Å². The SMILES string of the molecule is CC(C)(C)OC(=O)N1CCN[C@H](C(=O)NCC(F)(F)F)C1. The molecule has 2 N–H and O–H groups in total. The van der Waals surface area contributed by atoms with Crippen LogP contribution < -0.4 is 10.6 Å². The van der Waals surface area contributed by atoms with Crippen molar-refractivity contribution in [2.24, 2.45) is 0 Å². The number of amides is 2. The Kier molecular flexibility index (Phi) is 5.43. The summed E-state index contributed by atoms with van der Waals surface area (Å²) in [5.74, 6) is -0.791. The summed E-state index contributed by atoms with van der Waals surface area (Å²) in [6, 6.07) is -0.881. The molecule has 1 aliphatic rings. The summed E-state index contributed by atoms with van der Waals surface area (Å²) in [7, 11) is 0. The molecule has 1 heterocycles. The van der Waals surface area contributed by atoms with Gasteiger partial charge < -0.3 is 20.3 Å². The number of hydrogen-bond donors (Lipinski definition) is 2. The van der Waals surface area contributed by atoms with Crippen molar-refractivity contribution < 1.29 is 27.5 Å². The van der Waals surface area contributed by atoms with Crippen LogP contribution in [0.3, 0.4) is 0 Å². The molecule has 0 unspecified atom stereocenters. The summed E-state index contributed by atoms with van der Waals surface area (Å²) in [5, 5.41) is 4.57. The first-order chi connectivity index (χ1) is 9.48. The van der Waals surface area contributed by atoms with Gasteiger partial charge in [0.15, 0.2) is 0 Å². The normalized spacial score (nSPS) is 20.1. The Bertz CT molecular complexity index is 393. The first-order valence-electron chi connectivity index (χ1n) is 6.54. The van der Waals surface area contributed by atoms with Gasteiger partial charge in [0.2, 0.25) is 5.91 Å². The Hall–Kier alpha value is -1.51. The predicted octanol–water partition coefficient (Wildman–Crippen LogP) is 0.874. The minimum Gasteiger partial charge on any atom is -0.444 e. The van der Waals surface area contributed by atoms with E-state index >= 15 is 0 Å². The third-order valence-corrected chi connectivity index (χ3v) is 2.61. The van der Waals surface area contributed by atoms with Crippen molar-refractivity contribution in [3.63, 3.8) is 0 Å². The topological polar surface area (TPSA) is 70.7 Å². The van der Waals surface area contributed by atoms with Gasteiger partial charge in [-0.2, -0.15) is 13.2 Å². The van der Waals surface area contributed by atoms with Crippen molar-refractivity contribution in [3.8, 4) is 0 Å². The lowest BCUT2D eigenvalue weighted by Crippen LogP contribution is -2.59. The number of nitrogens with zero attached hydrogens (tertiary/aromatic N) is 1. The van der Waals surface area contributed by atoms with Gasteiger partial charge in [0, 0.05) is 19.6 Å². The molecule has 122 valence electrons. The van der Waals surface area contributed by atoms with Crippen molar-refractivity contribution in [2.45, 2.75) is 38.6 Å². The Morgan fingerprint density at radius 3 is 2.48 bits per heavy atom. The summed E-state index contributed by atoms with van der Waals surface area (Å²) in [4.78, 5) is 24.8. The van der Waals surface area contributed by atoms with E-state index in [9.17, 15) is 22.8 Å². The van der Waals surface area contributed by atoms with Gasteiger partial charge in [0.25, 0.3) is 0 Å². The average Bonchev–Trinajstić information content (AvgIpc) is 2.33. The van der Waals surface area contributed by atoms with Crippen LogP contribution in [0.5, 0.6) is 0 Å². The first-order valence-corrected chi connectivity index (χ1v) is 6.54. The molecule has 6 nitrogen and oxygen atoms in total. The van der Waals surface area contributed by atoms with E-state index in [2.05, 4.69) is 5.32 Å². The average molecular weight is 311 g/mol. The molecule has 0 spiro atoms. The predicted molar refractivity (Wildman–Crippen MR) is 68.7 cm³/mol. The van der Waals surface area contributed by atoms with Gasteiger partial charge in [-0.25, -0.2) is 4.79 Å².